The van der Waals surface area contributed by atoms with E-state index in [1.54, 1.807) is 0 Å². The maximum absolute atomic E-state index is 10.8. The van der Waals surface area contributed by atoms with Gasteiger partial charge in [0.25, 0.3) is 0 Å². The van der Waals surface area contributed by atoms with Crippen LogP contribution in [0.3, 0.4) is 0 Å². The lowest BCUT2D eigenvalue weighted by atomic mass is 10.2. The van der Waals surface area contributed by atoms with Gasteiger partial charge in [-0.1, -0.05) is 6.92 Å². The predicted octanol–water partition coefficient (Wildman–Crippen LogP) is 2.19. The van der Waals surface area contributed by atoms with E-state index in [-0.39, 0.29) is 0 Å². The Morgan fingerprint density at radius 2 is 2.17 bits per heavy atom. The van der Waals surface area contributed by atoms with Crippen molar-refractivity contribution in [2.24, 2.45) is 0 Å². The summed E-state index contributed by atoms with van der Waals surface area (Å²) < 4.78 is 2.05. The fourth-order valence-electron chi connectivity index (χ4n) is 1.61. The highest BCUT2D eigenvalue weighted by Gasteiger charge is 2.08. The molecule has 0 atom stereocenters. The molecule has 0 aromatic carbocycles. The highest BCUT2D eigenvalue weighted by molar-refractivity contribution is 5.75. The van der Waals surface area contributed by atoms with Crippen LogP contribution in [0, 0.1) is 6.92 Å². The van der Waals surface area contributed by atoms with E-state index in [9.17, 15) is 4.79 Å². The summed E-state index contributed by atoms with van der Waals surface area (Å²) in [5.74, 6) is 0. The van der Waals surface area contributed by atoms with E-state index in [0.29, 0.717) is 0 Å². The van der Waals surface area contributed by atoms with Crippen LogP contribution in [0.25, 0.3) is 0 Å². The van der Waals surface area contributed by atoms with E-state index >= 15 is 0 Å². The van der Waals surface area contributed by atoms with E-state index in [1.165, 1.54) is 5.69 Å². The fourth-order valence-corrected chi connectivity index (χ4v) is 1.61. The van der Waals surface area contributed by atoms with Crippen molar-refractivity contribution in [3.8, 4) is 0 Å². The molecule has 0 aliphatic heterocycles. The van der Waals surface area contributed by atoms with E-state index in [2.05, 4.69) is 19.9 Å². The Bertz CT molecular complexity index is 286. The molecule has 0 fully saturated rings. The van der Waals surface area contributed by atoms with E-state index in [4.69, 9.17) is 0 Å². The zero-order valence-corrected chi connectivity index (χ0v) is 7.92. The van der Waals surface area contributed by atoms with Crippen LogP contribution >= 0.6 is 0 Å². The lowest BCUT2D eigenvalue weighted by Crippen LogP contribution is -2.02. The summed E-state index contributed by atoms with van der Waals surface area (Å²) in [7, 11) is 0. The van der Waals surface area contributed by atoms with Gasteiger partial charge in [0.1, 0.15) is 0 Å². The van der Waals surface area contributed by atoms with Crippen molar-refractivity contribution in [1.29, 1.82) is 0 Å². The monoisotopic (exact) mass is 165 g/mol. The minimum atomic E-state index is 0.845. The largest absolute Gasteiger partial charge is 0.343 e. The first-order chi connectivity index (χ1) is 5.74. The highest BCUT2D eigenvalue weighted by Crippen LogP contribution is 2.14. The maximum Gasteiger partial charge on any atom is 0.166 e. The van der Waals surface area contributed by atoms with Crippen molar-refractivity contribution >= 4 is 6.29 Å². The minimum absolute atomic E-state index is 0.845. The first-order valence-electron chi connectivity index (χ1n) is 4.38. The molecule has 12 heavy (non-hydrogen) atoms. The first kappa shape index (κ1) is 9.04. The highest BCUT2D eigenvalue weighted by atomic mass is 16.1. The second-order valence-corrected chi connectivity index (χ2v) is 2.91. The van der Waals surface area contributed by atoms with Crippen LogP contribution in [-0.2, 0) is 13.0 Å². The van der Waals surface area contributed by atoms with Crippen LogP contribution in [0.4, 0.5) is 0 Å². The van der Waals surface area contributed by atoms with Crippen molar-refractivity contribution in [1.82, 2.24) is 4.57 Å². The van der Waals surface area contributed by atoms with Crippen LogP contribution in [0.1, 0.15) is 35.6 Å². The Balaban J connectivity index is 3.25. The summed E-state index contributed by atoms with van der Waals surface area (Å²) in [4.78, 5) is 10.8. The topological polar surface area (TPSA) is 22.0 Å². The summed E-state index contributed by atoms with van der Waals surface area (Å²) in [5.41, 5.74) is 3.18. The van der Waals surface area contributed by atoms with E-state index in [0.717, 1.165) is 30.5 Å². The van der Waals surface area contributed by atoms with Gasteiger partial charge in [-0.05, 0) is 31.9 Å². The number of carbonyl (C=O) groups is 1. The Labute approximate surface area is 73.2 Å². The van der Waals surface area contributed by atoms with Crippen molar-refractivity contribution in [3.05, 3.63) is 23.0 Å². The quantitative estimate of drug-likeness (QED) is 0.629. The van der Waals surface area contributed by atoms with Gasteiger partial charge in [0.2, 0.25) is 0 Å². The fraction of sp³-hybridized carbons (Fsp3) is 0.500. The maximum atomic E-state index is 10.8. The SMILES string of the molecule is CCc1cc(C)n(CC)c1C=O. The van der Waals surface area contributed by atoms with Gasteiger partial charge in [0, 0.05) is 12.2 Å². The number of aromatic nitrogens is 1. The number of hydrogen-bond acceptors (Lipinski definition) is 1. The molecule has 0 N–H and O–H groups in total. The van der Waals surface area contributed by atoms with Crippen LogP contribution in [0.5, 0.6) is 0 Å². The number of hydrogen-bond donors (Lipinski definition) is 0. The Kier molecular flexibility index (Phi) is 2.69. The summed E-state index contributed by atoms with van der Waals surface area (Å²) >= 11 is 0. The van der Waals surface area contributed by atoms with Crippen molar-refractivity contribution < 1.29 is 4.79 Å². The molecule has 2 heteroatoms. The second-order valence-electron chi connectivity index (χ2n) is 2.91. The van der Waals surface area contributed by atoms with Gasteiger partial charge in [0.15, 0.2) is 6.29 Å². The Morgan fingerprint density at radius 3 is 2.58 bits per heavy atom. The third-order valence-electron chi connectivity index (χ3n) is 2.24. The molecule has 0 aliphatic rings. The molecule has 0 saturated heterocycles. The zero-order chi connectivity index (χ0) is 9.14. The van der Waals surface area contributed by atoms with Crippen molar-refractivity contribution in [2.45, 2.75) is 33.7 Å². The molecular formula is C10H15NO. The third-order valence-corrected chi connectivity index (χ3v) is 2.24. The molecule has 0 amide bonds. The number of carbonyl (C=O) groups excluding carboxylic acids is 1. The first-order valence-corrected chi connectivity index (χ1v) is 4.38. The molecule has 1 heterocycles. The molecular weight excluding hydrogens is 150 g/mol. The normalized spacial score (nSPS) is 10.2. The van der Waals surface area contributed by atoms with Gasteiger partial charge in [-0.3, -0.25) is 4.79 Å². The van der Waals surface area contributed by atoms with Gasteiger partial charge in [0.05, 0.1) is 5.69 Å². The third kappa shape index (κ3) is 1.29. The Morgan fingerprint density at radius 1 is 1.50 bits per heavy atom. The van der Waals surface area contributed by atoms with Crippen LogP contribution < -0.4 is 0 Å². The summed E-state index contributed by atoms with van der Waals surface area (Å²) in [6.07, 6.45) is 1.89. The molecule has 0 aliphatic carbocycles. The van der Waals surface area contributed by atoms with E-state index in [1.807, 2.05) is 11.5 Å². The molecule has 0 radical (unpaired) electrons. The number of aryl methyl sites for hydroxylation is 2. The second kappa shape index (κ2) is 3.57. The lowest BCUT2D eigenvalue weighted by Gasteiger charge is -2.03. The average molecular weight is 165 g/mol. The Hall–Kier alpha value is -1.05. The lowest BCUT2D eigenvalue weighted by molar-refractivity contribution is 0.111. The molecule has 0 unspecified atom stereocenters. The number of nitrogens with zero attached hydrogens (tertiary/aromatic N) is 1. The van der Waals surface area contributed by atoms with Crippen LogP contribution in [0.2, 0.25) is 0 Å². The number of rotatable bonds is 3. The molecule has 1 aromatic heterocycles. The summed E-state index contributed by atoms with van der Waals surface area (Å²) in [5, 5.41) is 0. The van der Waals surface area contributed by atoms with Gasteiger partial charge >= 0.3 is 0 Å². The minimum Gasteiger partial charge on any atom is -0.343 e. The summed E-state index contributed by atoms with van der Waals surface area (Å²) in [6, 6.07) is 2.09. The predicted molar refractivity (Wildman–Crippen MR) is 49.6 cm³/mol. The van der Waals surface area contributed by atoms with Gasteiger partial charge in [-0.2, -0.15) is 0 Å². The number of aldehydes is 1. The van der Waals surface area contributed by atoms with Crippen molar-refractivity contribution in [2.75, 3.05) is 0 Å². The molecule has 1 rings (SSSR count). The van der Waals surface area contributed by atoms with E-state index < -0.39 is 0 Å². The van der Waals surface area contributed by atoms with Crippen molar-refractivity contribution in [3.63, 3.8) is 0 Å². The average Bonchev–Trinajstić information content (AvgIpc) is 2.40. The van der Waals surface area contributed by atoms with Crippen LogP contribution in [-0.4, -0.2) is 10.9 Å². The van der Waals surface area contributed by atoms with Gasteiger partial charge in [-0.25, -0.2) is 0 Å². The molecule has 0 bridgehead atoms. The summed E-state index contributed by atoms with van der Waals surface area (Å²) in [6.45, 7) is 7.04. The van der Waals surface area contributed by atoms with Gasteiger partial charge < -0.3 is 4.57 Å². The van der Waals surface area contributed by atoms with Crippen LogP contribution in [0.15, 0.2) is 6.07 Å². The standard InChI is InChI=1S/C10H15NO/c1-4-9-6-8(3)11(5-2)10(9)7-12/h6-7H,4-5H2,1-3H3. The van der Waals surface area contributed by atoms with Gasteiger partial charge in [-0.15, -0.1) is 0 Å². The zero-order valence-electron chi connectivity index (χ0n) is 7.92. The smallest absolute Gasteiger partial charge is 0.166 e. The molecule has 66 valence electrons. The molecule has 0 spiro atoms. The molecule has 2 nitrogen and oxygen atoms in total. The molecule has 1 aromatic rings. The molecule has 0 saturated carbocycles.